The van der Waals surface area contributed by atoms with Crippen LogP contribution >= 0.6 is 11.3 Å². The number of methoxy groups -OCH3 is 1. The molecule has 2 rings (SSSR count). The van der Waals surface area contributed by atoms with Crippen LogP contribution in [-0.4, -0.2) is 37.4 Å². The summed E-state index contributed by atoms with van der Waals surface area (Å²) < 4.78 is 5.91. The van der Waals surface area contributed by atoms with Crippen LogP contribution in [0.4, 0.5) is 5.69 Å². The summed E-state index contributed by atoms with van der Waals surface area (Å²) in [7, 11) is 1.52. The zero-order valence-electron chi connectivity index (χ0n) is 11.5. The summed E-state index contributed by atoms with van der Waals surface area (Å²) in [6.45, 7) is 2.06. The number of ether oxygens (including phenoxy) is 1. The lowest BCUT2D eigenvalue weighted by molar-refractivity contribution is 0.0844. The van der Waals surface area contributed by atoms with Gasteiger partial charge in [-0.25, -0.2) is 0 Å². The lowest BCUT2D eigenvalue weighted by atomic mass is 10.1. The number of thiophene rings is 1. The Balaban J connectivity index is 2.28. The minimum Gasteiger partial charge on any atom is -0.397 e. The molecule has 2 aromatic rings. The molecule has 0 aliphatic heterocycles. The SMILES string of the molecule is COCC(CO)NC(=O)c1sc2ccc(C)cc2c1N. The van der Waals surface area contributed by atoms with Gasteiger partial charge < -0.3 is 20.9 Å². The van der Waals surface area contributed by atoms with E-state index in [1.165, 1.54) is 18.4 Å². The van der Waals surface area contributed by atoms with Gasteiger partial charge in [-0.15, -0.1) is 11.3 Å². The molecule has 0 aliphatic carbocycles. The molecule has 0 aliphatic rings. The molecule has 0 bridgehead atoms. The lowest BCUT2D eigenvalue weighted by Gasteiger charge is -2.14. The molecule has 0 saturated carbocycles. The van der Waals surface area contributed by atoms with Gasteiger partial charge in [-0.05, 0) is 19.1 Å². The van der Waals surface area contributed by atoms with Crippen molar-refractivity contribution in [3.63, 3.8) is 0 Å². The Labute approximate surface area is 121 Å². The van der Waals surface area contributed by atoms with Crippen LogP contribution in [0.25, 0.3) is 10.1 Å². The average molecular weight is 294 g/mol. The highest BCUT2D eigenvalue weighted by atomic mass is 32.1. The van der Waals surface area contributed by atoms with Crippen LogP contribution in [0.3, 0.4) is 0 Å². The van der Waals surface area contributed by atoms with E-state index in [0.29, 0.717) is 10.6 Å². The standard InChI is InChI=1S/C14H18N2O3S/c1-8-3-4-11-10(5-8)12(15)13(20-11)14(18)16-9(6-17)7-19-2/h3-5,9,17H,6-7,15H2,1-2H3,(H,16,18). The fourth-order valence-corrected chi connectivity index (χ4v) is 3.00. The molecule has 5 nitrogen and oxygen atoms in total. The molecule has 4 N–H and O–H groups in total. The van der Waals surface area contributed by atoms with Gasteiger partial charge >= 0.3 is 0 Å². The highest BCUT2D eigenvalue weighted by molar-refractivity contribution is 7.21. The first-order chi connectivity index (χ1) is 9.56. The number of amides is 1. The van der Waals surface area contributed by atoms with Gasteiger partial charge in [0.15, 0.2) is 0 Å². The van der Waals surface area contributed by atoms with Crippen LogP contribution in [0.2, 0.25) is 0 Å². The van der Waals surface area contributed by atoms with E-state index in [9.17, 15) is 9.90 Å². The predicted molar refractivity (Wildman–Crippen MR) is 81.2 cm³/mol. The third kappa shape index (κ3) is 2.92. The number of rotatable bonds is 5. The van der Waals surface area contributed by atoms with E-state index < -0.39 is 6.04 Å². The fraction of sp³-hybridized carbons (Fsp3) is 0.357. The monoisotopic (exact) mass is 294 g/mol. The summed E-state index contributed by atoms with van der Waals surface area (Å²) in [5.74, 6) is -0.280. The largest absolute Gasteiger partial charge is 0.397 e. The number of carbonyl (C=O) groups is 1. The molecular formula is C14H18N2O3S. The Morgan fingerprint density at radius 1 is 1.55 bits per heavy atom. The Hall–Kier alpha value is -1.63. The van der Waals surface area contributed by atoms with Crippen LogP contribution in [-0.2, 0) is 4.74 Å². The highest BCUT2D eigenvalue weighted by Gasteiger charge is 2.19. The number of carbonyl (C=O) groups excluding carboxylic acids is 1. The van der Waals surface area contributed by atoms with Crippen molar-refractivity contribution in [1.82, 2.24) is 5.32 Å². The van der Waals surface area contributed by atoms with Crippen molar-refractivity contribution in [2.45, 2.75) is 13.0 Å². The Morgan fingerprint density at radius 3 is 2.95 bits per heavy atom. The van der Waals surface area contributed by atoms with Crippen LogP contribution in [0.15, 0.2) is 18.2 Å². The molecule has 1 heterocycles. The summed E-state index contributed by atoms with van der Waals surface area (Å²) >= 11 is 1.35. The molecule has 1 aromatic carbocycles. The third-order valence-corrected chi connectivity index (χ3v) is 4.20. The summed E-state index contributed by atoms with van der Waals surface area (Å²) in [4.78, 5) is 12.7. The molecule has 1 unspecified atom stereocenters. The summed E-state index contributed by atoms with van der Waals surface area (Å²) in [6.07, 6.45) is 0. The van der Waals surface area contributed by atoms with E-state index in [2.05, 4.69) is 5.32 Å². The van der Waals surface area contributed by atoms with Crippen molar-refractivity contribution in [2.75, 3.05) is 26.1 Å². The number of aliphatic hydroxyl groups is 1. The van der Waals surface area contributed by atoms with Gasteiger partial charge in [-0.3, -0.25) is 4.79 Å². The molecule has 0 saturated heterocycles. The van der Waals surface area contributed by atoms with E-state index in [1.54, 1.807) is 0 Å². The third-order valence-electron chi connectivity index (χ3n) is 3.01. The molecule has 0 radical (unpaired) electrons. The Bertz CT molecular complexity index is 624. The number of hydrogen-bond donors (Lipinski definition) is 3. The van der Waals surface area contributed by atoms with Crippen LogP contribution < -0.4 is 11.1 Å². The number of nitrogens with two attached hydrogens (primary N) is 1. The number of fused-ring (bicyclic) bond motifs is 1. The van der Waals surface area contributed by atoms with E-state index in [-0.39, 0.29) is 19.1 Å². The van der Waals surface area contributed by atoms with Gasteiger partial charge in [0.1, 0.15) is 4.88 Å². The van der Waals surface area contributed by atoms with Gasteiger partial charge in [0, 0.05) is 17.2 Å². The van der Waals surface area contributed by atoms with Crippen molar-refractivity contribution in [3.05, 3.63) is 28.6 Å². The molecule has 0 fully saturated rings. The molecule has 6 heteroatoms. The van der Waals surface area contributed by atoms with Crippen molar-refractivity contribution < 1.29 is 14.6 Å². The first-order valence-corrected chi connectivity index (χ1v) is 7.07. The minimum atomic E-state index is -0.432. The van der Waals surface area contributed by atoms with Crippen molar-refractivity contribution in [2.24, 2.45) is 0 Å². The number of aliphatic hydroxyl groups excluding tert-OH is 1. The van der Waals surface area contributed by atoms with Crippen molar-refractivity contribution in [3.8, 4) is 0 Å². The summed E-state index contributed by atoms with van der Waals surface area (Å²) in [5.41, 5.74) is 7.64. The summed E-state index contributed by atoms with van der Waals surface area (Å²) in [5, 5.41) is 12.8. The average Bonchev–Trinajstić information content (AvgIpc) is 2.75. The van der Waals surface area contributed by atoms with Gasteiger partial charge in [0.05, 0.1) is 24.9 Å². The summed E-state index contributed by atoms with van der Waals surface area (Å²) in [6, 6.07) is 5.48. The minimum absolute atomic E-state index is 0.177. The first kappa shape index (κ1) is 14.8. The van der Waals surface area contributed by atoms with E-state index in [0.717, 1.165) is 15.6 Å². The Morgan fingerprint density at radius 2 is 2.30 bits per heavy atom. The molecule has 20 heavy (non-hydrogen) atoms. The van der Waals surface area contributed by atoms with Gasteiger partial charge in [-0.2, -0.15) is 0 Å². The number of aryl methyl sites for hydroxylation is 1. The zero-order valence-corrected chi connectivity index (χ0v) is 12.3. The number of benzene rings is 1. The van der Waals surface area contributed by atoms with E-state index >= 15 is 0 Å². The van der Waals surface area contributed by atoms with Crippen LogP contribution in [0.5, 0.6) is 0 Å². The van der Waals surface area contributed by atoms with Gasteiger partial charge in [0.25, 0.3) is 5.91 Å². The molecule has 0 spiro atoms. The van der Waals surface area contributed by atoms with E-state index in [1.807, 2.05) is 25.1 Å². The van der Waals surface area contributed by atoms with Crippen molar-refractivity contribution in [1.29, 1.82) is 0 Å². The maximum Gasteiger partial charge on any atom is 0.263 e. The molecule has 1 amide bonds. The predicted octanol–water partition coefficient (Wildman–Crippen LogP) is 1.53. The molecule has 1 aromatic heterocycles. The second kappa shape index (κ2) is 6.21. The van der Waals surface area contributed by atoms with Crippen molar-refractivity contribution >= 4 is 33.0 Å². The Kier molecular flexibility index (Phi) is 4.59. The second-order valence-corrected chi connectivity index (χ2v) is 5.70. The fourth-order valence-electron chi connectivity index (χ4n) is 1.99. The quantitative estimate of drug-likeness (QED) is 0.781. The van der Waals surface area contributed by atoms with E-state index in [4.69, 9.17) is 10.5 Å². The molecule has 1 atom stereocenters. The van der Waals surface area contributed by atoms with Gasteiger partial charge in [-0.1, -0.05) is 11.6 Å². The lowest BCUT2D eigenvalue weighted by Crippen LogP contribution is -2.40. The number of hydrogen-bond acceptors (Lipinski definition) is 5. The highest BCUT2D eigenvalue weighted by Crippen LogP contribution is 2.34. The van der Waals surface area contributed by atoms with Crippen LogP contribution in [0, 0.1) is 6.92 Å². The maximum atomic E-state index is 12.2. The smallest absolute Gasteiger partial charge is 0.263 e. The molecular weight excluding hydrogens is 276 g/mol. The van der Waals surface area contributed by atoms with Crippen LogP contribution in [0.1, 0.15) is 15.2 Å². The number of nitrogens with one attached hydrogen (secondary N) is 1. The zero-order chi connectivity index (χ0) is 14.7. The normalized spacial score (nSPS) is 12.6. The topological polar surface area (TPSA) is 84.6 Å². The molecule has 108 valence electrons. The maximum absolute atomic E-state index is 12.2. The second-order valence-electron chi connectivity index (χ2n) is 4.65. The number of anilines is 1. The first-order valence-electron chi connectivity index (χ1n) is 6.26. The number of nitrogen functional groups attached to an aromatic ring is 1. The van der Waals surface area contributed by atoms with Gasteiger partial charge in [0.2, 0.25) is 0 Å².